The molecule has 0 aliphatic rings. The number of rotatable bonds is 4. The molecule has 4 heteroatoms. The van der Waals surface area contributed by atoms with E-state index in [2.05, 4.69) is 34.2 Å². The zero-order chi connectivity index (χ0) is 12.8. The van der Waals surface area contributed by atoms with Crippen LogP contribution in [-0.4, -0.2) is 29.9 Å². The van der Waals surface area contributed by atoms with Gasteiger partial charge >= 0.3 is 119 Å². The SMILES string of the molecule is N#C[Se]Cc1cc(C[Se]C#N)c2ccccc2c1. The van der Waals surface area contributed by atoms with Crippen molar-refractivity contribution in [2.24, 2.45) is 0 Å². The van der Waals surface area contributed by atoms with Gasteiger partial charge in [0, 0.05) is 0 Å². The maximum atomic E-state index is 8.75. The molecule has 0 heterocycles. The third-order valence-corrected chi connectivity index (χ3v) is 5.10. The van der Waals surface area contributed by atoms with Gasteiger partial charge in [0.15, 0.2) is 0 Å². The van der Waals surface area contributed by atoms with Crippen LogP contribution in [0.3, 0.4) is 0 Å². The molecule has 0 radical (unpaired) electrons. The number of nitrogens with zero attached hydrogens (tertiary/aromatic N) is 2. The summed E-state index contributed by atoms with van der Waals surface area (Å²) in [5.74, 6) is 0. The van der Waals surface area contributed by atoms with Crippen LogP contribution < -0.4 is 0 Å². The Kier molecular flexibility index (Phi) is 4.82. The molecule has 18 heavy (non-hydrogen) atoms. The first-order chi connectivity index (χ1) is 8.85. The van der Waals surface area contributed by atoms with Gasteiger partial charge in [-0.15, -0.1) is 0 Å². The molecule has 2 rings (SSSR count). The molecular formula is C14H10N2Se2. The van der Waals surface area contributed by atoms with E-state index in [0.29, 0.717) is 0 Å². The zero-order valence-corrected chi connectivity index (χ0v) is 13.0. The summed E-state index contributed by atoms with van der Waals surface area (Å²) in [6, 6.07) is 12.6. The molecule has 0 saturated carbocycles. The molecule has 88 valence electrons. The molecule has 0 N–H and O–H groups in total. The van der Waals surface area contributed by atoms with Crippen molar-refractivity contribution < 1.29 is 0 Å². The van der Waals surface area contributed by atoms with Crippen molar-refractivity contribution >= 4 is 40.7 Å². The van der Waals surface area contributed by atoms with Crippen molar-refractivity contribution in [1.29, 1.82) is 10.5 Å². The molecule has 0 aliphatic heterocycles. The summed E-state index contributed by atoms with van der Waals surface area (Å²) in [6.07, 6.45) is 0. The fourth-order valence-electron chi connectivity index (χ4n) is 1.89. The van der Waals surface area contributed by atoms with Gasteiger partial charge in [0.25, 0.3) is 0 Å². The van der Waals surface area contributed by atoms with E-state index in [1.807, 2.05) is 12.1 Å². The second-order valence-corrected chi connectivity index (χ2v) is 6.92. The quantitative estimate of drug-likeness (QED) is 0.782. The first kappa shape index (κ1) is 13.2. The third kappa shape index (κ3) is 3.14. The van der Waals surface area contributed by atoms with Crippen LogP contribution in [0.15, 0.2) is 36.4 Å². The molecule has 0 bridgehead atoms. The molecule has 0 spiro atoms. The van der Waals surface area contributed by atoms with E-state index < -0.39 is 0 Å². The summed E-state index contributed by atoms with van der Waals surface area (Å²) in [6.45, 7) is 0. The fraction of sp³-hybridized carbons (Fsp3) is 0.143. The molecule has 2 aromatic carbocycles. The Labute approximate surface area is 119 Å². The van der Waals surface area contributed by atoms with Crippen molar-refractivity contribution in [3.63, 3.8) is 0 Å². The van der Waals surface area contributed by atoms with Crippen LogP contribution in [-0.2, 0) is 10.6 Å². The van der Waals surface area contributed by atoms with Crippen LogP contribution in [0.25, 0.3) is 10.8 Å². The van der Waals surface area contributed by atoms with Gasteiger partial charge in [0.05, 0.1) is 0 Å². The summed E-state index contributed by atoms with van der Waals surface area (Å²) in [5.41, 5.74) is 2.47. The second-order valence-electron chi connectivity index (χ2n) is 3.74. The normalized spacial score (nSPS) is 9.89. The zero-order valence-electron chi connectivity index (χ0n) is 9.59. The molecule has 0 aromatic heterocycles. The Morgan fingerprint density at radius 2 is 1.67 bits per heavy atom. The van der Waals surface area contributed by atoms with Gasteiger partial charge < -0.3 is 0 Å². The standard InChI is InChI=1S/C14H10N2Se2/c15-9-17-7-11-5-12-3-1-2-4-14(12)13(6-11)8-18-10-16/h1-6H,7-8H2. The van der Waals surface area contributed by atoms with E-state index in [-0.39, 0.29) is 29.9 Å². The van der Waals surface area contributed by atoms with Gasteiger partial charge in [0.1, 0.15) is 0 Å². The average Bonchev–Trinajstić information content (AvgIpc) is 2.42. The van der Waals surface area contributed by atoms with Crippen molar-refractivity contribution in [2.45, 2.75) is 10.6 Å². The van der Waals surface area contributed by atoms with Gasteiger partial charge in [-0.3, -0.25) is 0 Å². The summed E-state index contributed by atoms with van der Waals surface area (Å²) < 4.78 is 0. The van der Waals surface area contributed by atoms with Gasteiger partial charge in [-0.05, 0) is 0 Å². The van der Waals surface area contributed by atoms with Crippen molar-refractivity contribution in [3.8, 4) is 9.94 Å². The van der Waals surface area contributed by atoms with Gasteiger partial charge in [-0.25, -0.2) is 0 Å². The van der Waals surface area contributed by atoms with E-state index in [0.717, 1.165) is 10.6 Å². The fourth-order valence-corrected chi connectivity index (χ4v) is 3.68. The predicted octanol–water partition coefficient (Wildman–Crippen LogP) is 2.21. The predicted molar refractivity (Wildman–Crippen MR) is 74.1 cm³/mol. The van der Waals surface area contributed by atoms with E-state index in [9.17, 15) is 0 Å². The third-order valence-electron chi connectivity index (χ3n) is 2.60. The van der Waals surface area contributed by atoms with Crippen LogP contribution in [0.4, 0.5) is 0 Å². The molecule has 0 amide bonds. The van der Waals surface area contributed by atoms with Crippen LogP contribution in [0.2, 0.25) is 0 Å². The topological polar surface area (TPSA) is 47.6 Å². The summed E-state index contributed by atoms with van der Waals surface area (Å²) in [4.78, 5) is 4.50. The van der Waals surface area contributed by atoms with E-state index in [4.69, 9.17) is 10.5 Å². The minimum absolute atomic E-state index is 0.00175. The number of hydrogen-bond acceptors (Lipinski definition) is 2. The number of hydrogen-bond donors (Lipinski definition) is 0. The Bertz CT molecular complexity index is 638. The Hall–Kier alpha value is -1.28. The number of fused-ring (bicyclic) bond motifs is 1. The van der Waals surface area contributed by atoms with E-state index in [1.54, 1.807) is 0 Å². The maximum absolute atomic E-state index is 8.75. The molecule has 0 unspecified atom stereocenters. The first-order valence-electron chi connectivity index (χ1n) is 5.37. The van der Waals surface area contributed by atoms with E-state index >= 15 is 0 Å². The second kappa shape index (κ2) is 6.60. The van der Waals surface area contributed by atoms with E-state index in [1.165, 1.54) is 21.9 Å². The van der Waals surface area contributed by atoms with Crippen molar-refractivity contribution in [3.05, 3.63) is 47.5 Å². The first-order valence-corrected chi connectivity index (χ1v) is 9.51. The Morgan fingerprint density at radius 1 is 0.944 bits per heavy atom. The molecular weight excluding hydrogens is 354 g/mol. The molecule has 0 aliphatic carbocycles. The monoisotopic (exact) mass is 366 g/mol. The van der Waals surface area contributed by atoms with Crippen LogP contribution in [0.1, 0.15) is 11.1 Å². The van der Waals surface area contributed by atoms with Crippen LogP contribution in [0, 0.1) is 20.5 Å². The van der Waals surface area contributed by atoms with Gasteiger partial charge in [0.2, 0.25) is 0 Å². The average molecular weight is 364 g/mol. The number of benzene rings is 2. The van der Waals surface area contributed by atoms with Gasteiger partial charge in [-0.1, -0.05) is 0 Å². The summed E-state index contributed by atoms with van der Waals surface area (Å²) >= 11 is 0.0157. The Balaban J connectivity index is 2.44. The van der Waals surface area contributed by atoms with Crippen LogP contribution >= 0.6 is 0 Å². The Morgan fingerprint density at radius 3 is 2.44 bits per heavy atom. The molecule has 2 aromatic rings. The van der Waals surface area contributed by atoms with Crippen molar-refractivity contribution in [1.82, 2.24) is 0 Å². The van der Waals surface area contributed by atoms with Gasteiger partial charge in [-0.2, -0.15) is 0 Å². The minimum atomic E-state index is 0.00175. The summed E-state index contributed by atoms with van der Waals surface area (Å²) in [5, 5.41) is 21.6. The van der Waals surface area contributed by atoms with Crippen LogP contribution in [0.5, 0.6) is 0 Å². The summed E-state index contributed by atoms with van der Waals surface area (Å²) in [7, 11) is 0. The molecule has 0 saturated heterocycles. The molecule has 2 nitrogen and oxygen atoms in total. The number of nitriles is 2. The molecule has 0 atom stereocenters. The molecule has 0 fully saturated rings. The van der Waals surface area contributed by atoms with Crippen molar-refractivity contribution in [2.75, 3.05) is 0 Å².